The fourth-order valence-electron chi connectivity index (χ4n) is 4.40. The number of carbonyl (C=O) groups is 1. The molecule has 2 aromatic carbocycles. The molecule has 32 heavy (non-hydrogen) atoms. The maximum absolute atomic E-state index is 13.5. The number of halogens is 6. The minimum Gasteiger partial charge on any atom is -0.486 e. The fourth-order valence-corrected chi connectivity index (χ4v) is 4.40. The molecule has 0 aliphatic carbocycles. The van der Waals surface area contributed by atoms with E-state index in [0.29, 0.717) is 47.8 Å². The third kappa shape index (κ3) is 3.39. The summed E-state index contributed by atoms with van der Waals surface area (Å²) < 4.78 is 96.9. The van der Waals surface area contributed by atoms with E-state index in [-0.39, 0.29) is 24.8 Å². The highest BCUT2D eigenvalue weighted by molar-refractivity contribution is 5.73. The zero-order valence-corrected chi connectivity index (χ0v) is 16.2. The van der Waals surface area contributed by atoms with Crippen LogP contribution in [0.1, 0.15) is 33.9 Å². The molecular formula is C21H15F6NO4. The molecule has 0 bridgehead atoms. The number of hydrogen-bond acceptors (Lipinski definition) is 4. The highest BCUT2D eigenvalue weighted by Gasteiger charge is 2.46. The Morgan fingerprint density at radius 2 is 1.41 bits per heavy atom. The predicted molar refractivity (Wildman–Crippen MR) is 96.4 cm³/mol. The van der Waals surface area contributed by atoms with Crippen molar-refractivity contribution >= 4 is 6.09 Å². The molecule has 1 saturated heterocycles. The number of ether oxygens (including phenoxy) is 3. The third-order valence-corrected chi connectivity index (χ3v) is 5.76. The molecule has 3 aliphatic rings. The van der Waals surface area contributed by atoms with Crippen LogP contribution in [0.5, 0.6) is 11.5 Å². The van der Waals surface area contributed by atoms with Gasteiger partial charge in [0.1, 0.15) is 19.8 Å². The van der Waals surface area contributed by atoms with Crippen molar-refractivity contribution in [1.82, 2.24) is 4.90 Å². The largest absolute Gasteiger partial charge is 0.486 e. The third-order valence-electron chi connectivity index (χ3n) is 5.76. The van der Waals surface area contributed by atoms with E-state index >= 15 is 0 Å². The number of amides is 1. The lowest BCUT2D eigenvalue weighted by Crippen LogP contribution is -2.43. The lowest BCUT2D eigenvalue weighted by atomic mass is 9.84. The SMILES string of the molecule is O=C1OC[C@@H]2Cc3cc4c(cc3[C@@H](c3cc(C(F)(F)F)cc(C(F)(F)F)c3)N12)OCCO4. The van der Waals surface area contributed by atoms with Gasteiger partial charge in [0.2, 0.25) is 0 Å². The van der Waals surface area contributed by atoms with Crippen LogP contribution in [0.3, 0.4) is 0 Å². The van der Waals surface area contributed by atoms with Gasteiger partial charge in [-0.1, -0.05) is 0 Å². The predicted octanol–water partition coefficient (Wildman–Crippen LogP) is 4.96. The quantitative estimate of drug-likeness (QED) is 0.566. The number of carbonyl (C=O) groups excluding carboxylic acids is 1. The molecule has 2 aromatic rings. The first-order valence-electron chi connectivity index (χ1n) is 9.69. The Balaban J connectivity index is 1.73. The van der Waals surface area contributed by atoms with E-state index in [1.54, 1.807) is 6.07 Å². The number of hydrogen-bond donors (Lipinski definition) is 0. The summed E-state index contributed by atoms with van der Waals surface area (Å²) in [4.78, 5) is 13.7. The van der Waals surface area contributed by atoms with Crippen LogP contribution in [0.2, 0.25) is 0 Å². The van der Waals surface area contributed by atoms with E-state index in [0.717, 1.165) is 0 Å². The first-order valence-corrected chi connectivity index (χ1v) is 9.69. The maximum Gasteiger partial charge on any atom is 0.416 e. The molecule has 3 aliphatic heterocycles. The molecule has 0 unspecified atom stereocenters. The summed E-state index contributed by atoms with van der Waals surface area (Å²) in [5.41, 5.74) is -2.19. The Morgan fingerprint density at radius 3 is 2.00 bits per heavy atom. The Bertz CT molecular complexity index is 1060. The molecular weight excluding hydrogens is 444 g/mol. The second-order valence-corrected chi connectivity index (χ2v) is 7.78. The van der Waals surface area contributed by atoms with Crippen molar-refractivity contribution in [2.45, 2.75) is 30.9 Å². The van der Waals surface area contributed by atoms with Crippen LogP contribution < -0.4 is 9.47 Å². The number of benzene rings is 2. The van der Waals surface area contributed by atoms with E-state index < -0.39 is 41.7 Å². The summed E-state index contributed by atoms with van der Waals surface area (Å²) in [5, 5.41) is 0. The van der Waals surface area contributed by atoms with E-state index in [2.05, 4.69) is 0 Å². The molecule has 11 heteroatoms. The van der Waals surface area contributed by atoms with Crippen molar-refractivity contribution in [1.29, 1.82) is 0 Å². The van der Waals surface area contributed by atoms with Crippen LogP contribution >= 0.6 is 0 Å². The monoisotopic (exact) mass is 459 g/mol. The zero-order chi connectivity index (χ0) is 22.8. The highest BCUT2D eigenvalue weighted by Crippen LogP contribution is 2.47. The summed E-state index contributed by atoms with van der Waals surface area (Å²) in [7, 11) is 0. The average molecular weight is 459 g/mol. The van der Waals surface area contributed by atoms with E-state index in [1.807, 2.05) is 0 Å². The van der Waals surface area contributed by atoms with Crippen LogP contribution in [0.15, 0.2) is 30.3 Å². The molecule has 5 rings (SSSR count). The summed E-state index contributed by atoms with van der Waals surface area (Å²) in [6, 6.07) is 2.79. The molecule has 0 aromatic heterocycles. The van der Waals surface area contributed by atoms with Gasteiger partial charge in [-0.05, 0) is 53.4 Å². The Labute approximate surface area is 177 Å². The van der Waals surface area contributed by atoms with Gasteiger partial charge in [0.25, 0.3) is 0 Å². The topological polar surface area (TPSA) is 48.0 Å². The van der Waals surface area contributed by atoms with E-state index in [9.17, 15) is 31.1 Å². The standard InChI is InChI=1S/C21H15F6NO4/c22-20(23,24)12-3-11(4-13(7-12)21(25,26)27)18-15-8-17-16(30-1-2-31-17)6-10(15)5-14-9-32-19(29)28(14)18/h3-4,6-8,14,18H,1-2,5,9H2/t14-,18+/m0/s1. The van der Waals surface area contributed by atoms with Gasteiger partial charge in [-0.2, -0.15) is 26.3 Å². The molecule has 1 amide bonds. The van der Waals surface area contributed by atoms with Gasteiger partial charge in [0.15, 0.2) is 11.5 Å². The van der Waals surface area contributed by atoms with Crippen molar-refractivity contribution in [3.8, 4) is 11.5 Å². The number of cyclic esters (lactones) is 1. The van der Waals surface area contributed by atoms with E-state index in [1.165, 1.54) is 11.0 Å². The summed E-state index contributed by atoms with van der Waals surface area (Å²) >= 11 is 0. The lowest BCUT2D eigenvalue weighted by Gasteiger charge is -2.38. The first kappa shape index (κ1) is 20.8. The lowest BCUT2D eigenvalue weighted by molar-refractivity contribution is -0.143. The van der Waals surface area contributed by atoms with Crippen LogP contribution in [0, 0.1) is 0 Å². The Hall–Kier alpha value is -3.11. The molecule has 5 nitrogen and oxygen atoms in total. The van der Waals surface area contributed by atoms with Crippen LogP contribution in [0.4, 0.5) is 31.1 Å². The van der Waals surface area contributed by atoms with Gasteiger partial charge in [-0.15, -0.1) is 0 Å². The van der Waals surface area contributed by atoms with Crippen molar-refractivity contribution in [3.05, 3.63) is 58.1 Å². The molecule has 0 N–H and O–H groups in total. The number of rotatable bonds is 1. The van der Waals surface area contributed by atoms with Gasteiger partial charge in [-0.25, -0.2) is 4.79 Å². The molecule has 0 spiro atoms. The minimum atomic E-state index is -5.01. The number of fused-ring (bicyclic) bond motifs is 3. The summed E-state index contributed by atoms with van der Waals surface area (Å²) in [6.45, 7) is 0.538. The van der Waals surface area contributed by atoms with Crippen molar-refractivity contribution in [2.24, 2.45) is 0 Å². The Morgan fingerprint density at radius 1 is 0.812 bits per heavy atom. The minimum absolute atomic E-state index is 0.0195. The van der Waals surface area contributed by atoms with Gasteiger partial charge >= 0.3 is 18.4 Å². The number of alkyl halides is 6. The van der Waals surface area contributed by atoms with Gasteiger partial charge in [0, 0.05) is 0 Å². The van der Waals surface area contributed by atoms with Gasteiger partial charge in [0.05, 0.1) is 23.2 Å². The van der Waals surface area contributed by atoms with Crippen molar-refractivity contribution < 1.29 is 45.3 Å². The van der Waals surface area contributed by atoms with Crippen LogP contribution in [-0.2, 0) is 23.5 Å². The second-order valence-electron chi connectivity index (χ2n) is 7.78. The first-order chi connectivity index (χ1) is 15.0. The molecule has 3 heterocycles. The Kier molecular flexibility index (Phi) is 4.51. The van der Waals surface area contributed by atoms with Crippen molar-refractivity contribution in [3.63, 3.8) is 0 Å². The molecule has 1 fully saturated rings. The van der Waals surface area contributed by atoms with Gasteiger partial charge < -0.3 is 14.2 Å². The smallest absolute Gasteiger partial charge is 0.416 e. The maximum atomic E-state index is 13.5. The summed E-state index contributed by atoms with van der Waals surface area (Å²) in [5.74, 6) is 0.751. The normalized spacial score (nSPS) is 22.3. The molecule has 2 atom stereocenters. The van der Waals surface area contributed by atoms with Crippen molar-refractivity contribution in [2.75, 3.05) is 19.8 Å². The second kappa shape index (κ2) is 6.94. The fraction of sp³-hybridized carbons (Fsp3) is 0.381. The average Bonchev–Trinajstić information content (AvgIpc) is 3.09. The highest BCUT2D eigenvalue weighted by atomic mass is 19.4. The zero-order valence-electron chi connectivity index (χ0n) is 16.2. The number of nitrogens with zero attached hydrogens (tertiary/aromatic N) is 1. The van der Waals surface area contributed by atoms with Gasteiger partial charge in [-0.3, -0.25) is 4.90 Å². The molecule has 0 radical (unpaired) electrons. The summed E-state index contributed by atoms with van der Waals surface area (Å²) in [6.07, 6.45) is -10.5. The molecule has 170 valence electrons. The molecule has 0 saturated carbocycles. The van der Waals surface area contributed by atoms with E-state index in [4.69, 9.17) is 14.2 Å². The van der Waals surface area contributed by atoms with Crippen LogP contribution in [0.25, 0.3) is 0 Å². The van der Waals surface area contributed by atoms with Crippen LogP contribution in [-0.4, -0.2) is 36.9 Å².